The Bertz CT molecular complexity index is 30.9. The van der Waals surface area contributed by atoms with Crippen LogP contribution in [-0.4, -0.2) is 973 Å². The fraction of sp³-hybridized carbons (Fsp3) is 0. The SMILES string of the molecule is [Ba].[Ba].[Ba].[Ba].[Ba].[Ba].[Ba].[Ba].[Ba].[Ba].[Ba].[Ba].[Ba].[Ba].[Bi].[Bi].[Bi].[Bi].[Bi].[Bi].[Bi].[Bi].[Bi].[Bi].[Bi].[Mn]. The van der Waals surface area contributed by atoms with Crippen molar-refractivity contribution < 1.29 is 17.1 Å². The van der Waals surface area contributed by atoms with Gasteiger partial charge in [-0.2, -0.15) is 0 Å². The first-order valence-corrected chi connectivity index (χ1v) is 0. The van der Waals surface area contributed by atoms with E-state index in [0.29, 0.717) is 0 Å². The van der Waals surface area contributed by atoms with E-state index in [1.165, 1.54) is 0 Å². The molecule has 90 valence electrons. The molecule has 0 aromatic carbocycles. The second kappa shape index (κ2) is 174. The summed E-state index contributed by atoms with van der Waals surface area (Å²) >= 11 is 0. The van der Waals surface area contributed by atoms with E-state index < -0.39 is 0 Å². The average Bonchev–Trinajstić information content (AvgIpc) is 0. The molecule has 62 radical (unpaired) electrons. The van der Waals surface area contributed by atoms with E-state index in [9.17, 15) is 0 Å². The second-order valence-electron chi connectivity index (χ2n) is 0. The fourth-order valence-electron chi connectivity index (χ4n) is 0. The van der Waals surface area contributed by atoms with Gasteiger partial charge >= 0.3 is 0 Å². The van der Waals surface area contributed by atoms with Crippen molar-refractivity contribution in [2.75, 3.05) is 0 Å². The van der Waals surface area contributed by atoms with Crippen LogP contribution in [0.4, 0.5) is 0 Å². The molecule has 0 fully saturated rings. The Kier molecular flexibility index (Phi) is 1230. The molecular weight excluding hydrogens is 4280 g/mol. The third-order valence-corrected chi connectivity index (χ3v) is 0. The number of rotatable bonds is 0. The van der Waals surface area contributed by atoms with E-state index in [1.54, 1.807) is 0 Å². The molecule has 0 atom stereocenters. The van der Waals surface area contributed by atoms with Crippen LogP contribution in [0.3, 0.4) is 0 Å². The van der Waals surface area contributed by atoms with Crippen molar-refractivity contribution in [3.63, 3.8) is 0 Å². The van der Waals surface area contributed by atoms with Crippen molar-refractivity contribution in [2.45, 2.75) is 0 Å². The molecule has 0 rings (SSSR count). The first-order valence-electron chi connectivity index (χ1n) is 0. The summed E-state index contributed by atoms with van der Waals surface area (Å²) in [7, 11) is 0. The van der Waals surface area contributed by atoms with Crippen LogP contribution in [0.5, 0.6) is 0 Å². The van der Waals surface area contributed by atoms with Crippen molar-refractivity contribution in [2.24, 2.45) is 0 Å². The van der Waals surface area contributed by atoms with Crippen LogP contribution in [0.25, 0.3) is 0 Å². The first-order chi connectivity index (χ1) is 0. The molecule has 0 bridgehead atoms. The third kappa shape index (κ3) is 165. The second-order valence-corrected chi connectivity index (χ2v) is 0. The predicted molar refractivity (Wildman–Crippen MR) is 144 cm³/mol. The quantitative estimate of drug-likeness (QED) is 0.212. The van der Waals surface area contributed by atoms with E-state index in [0.717, 1.165) is 0 Å². The third-order valence-electron chi connectivity index (χ3n) is 0. The molecule has 0 spiro atoms. The summed E-state index contributed by atoms with van der Waals surface area (Å²) in [5.41, 5.74) is 0. The number of hydrogen-bond donors (Lipinski definition) is 0. The van der Waals surface area contributed by atoms with Crippen LogP contribution in [0.15, 0.2) is 0 Å². The van der Waals surface area contributed by atoms with Gasteiger partial charge in [-0.3, -0.25) is 0 Å². The summed E-state index contributed by atoms with van der Waals surface area (Å²) in [5.74, 6) is 0. The zero-order chi connectivity index (χ0) is 0. The Morgan fingerprint density at radius 3 is 0.115 bits per heavy atom. The standard InChI is InChI=1S/14Ba.11Bi.Mn. The van der Waals surface area contributed by atoms with E-state index in [2.05, 4.69) is 0 Å². The molecule has 0 aliphatic carbocycles. The van der Waals surface area contributed by atoms with Gasteiger partial charge in [-0.1, -0.05) is 0 Å². The van der Waals surface area contributed by atoms with Crippen molar-refractivity contribution >= 4 is 973 Å². The Morgan fingerprint density at radius 2 is 0.115 bits per heavy atom. The molecule has 0 saturated carbocycles. The van der Waals surface area contributed by atoms with Crippen LogP contribution in [0, 0.1) is 0 Å². The summed E-state index contributed by atoms with van der Waals surface area (Å²) in [6.07, 6.45) is 0. The van der Waals surface area contributed by atoms with Gasteiger partial charge in [0, 0.05) is 990 Å². The first kappa shape index (κ1) is 184. The minimum absolute atomic E-state index is 0. The Morgan fingerprint density at radius 1 is 0.115 bits per heavy atom. The van der Waals surface area contributed by atoms with Gasteiger partial charge in [-0.15, -0.1) is 0 Å². The molecule has 0 aromatic heterocycles. The van der Waals surface area contributed by atoms with Crippen LogP contribution in [0.2, 0.25) is 0 Å². The maximum atomic E-state index is 0. The minimum atomic E-state index is 0. The number of hydrogen-bond acceptors (Lipinski definition) is 0. The van der Waals surface area contributed by atoms with Crippen LogP contribution in [0.1, 0.15) is 0 Å². The molecule has 0 nitrogen and oxygen atoms in total. The van der Waals surface area contributed by atoms with Crippen LogP contribution in [-0.2, 0) is 17.1 Å². The Labute approximate surface area is 948 Å². The van der Waals surface area contributed by atoms with Gasteiger partial charge in [0.05, 0.1) is 0 Å². The molecule has 0 aromatic rings. The van der Waals surface area contributed by atoms with Gasteiger partial charge in [0.25, 0.3) is 0 Å². The van der Waals surface area contributed by atoms with Gasteiger partial charge in [0.1, 0.15) is 0 Å². The maximum Gasteiger partial charge on any atom is 0 e. The van der Waals surface area contributed by atoms with Gasteiger partial charge in [-0.05, 0) is 0 Å². The van der Waals surface area contributed by atoms with Crippen molar-refractivity contribution in [1.29, 1.82) is 0 Å². The average molecular weight is 4280 g/mol. The monoisotopic (exact) mass is 4280 g/mol. The van der Waals surface area contributed by atoms with E-state index in [1.807, 2.05) is 0 Å². The molecule has 0 saturated heterocycles. The molecule has 0 N–H and O–H groups in total. The topological polar surface area (TPSA) is 0 Å². The normalized spacial score (nSPS) is 0. The van der Waals surface area contributed by atoms with Gasteiger partial charge in [0.15, 0.2) is 0 Å². The zero-order valence-electron chi connectivity index (χ0n) is 15.2. The summed E-state index contributed by atoms with van der Waals surface area (Å²) in [6, 6.07) is 0. The molecule has 26 heteroatoms. The van der Waals surface area contributed by atoms with E-state index in [4.69, 9.17) is 0 Å². The van der Waals surface area contributed by atoms with E-state index in [-0.39, 0.29) is 990 Å². The summed E-state index contributed by atoms with van der Waals surface area (Å²) in [5, 5.41) is 0. The molecule has 26 heavy (non-hydrogen) atoms. The smallest absolute Gasteiger partial charge is 0 e. The minimum Gasteiger partial charge on any atom is 0 e. The predicted octanol–water partition coefficient (Wildman–Crippen LogP) is -9.52. The summed E-state index contributed by atoms with van der Waals surface area (Å²) < 4.78 is 0. The van der Waals surface area contributed by atoms with Crippen LogP contribution < -0.4 is 0 Å². The van der Waals surface area contributed by atoms with Crippen molar-refractivity contribution in [3.05, 3.63) is 0 Å². The van der Waals surface area contributed by atoms with Gasteiger partial charge in [-0.25, -0.2) is 0 Å². The Balaban J connectivity index is 0. The zero-order valence-corrected chi connectivity index (χ0v) is 117. The van der Waals surface area contributed by atoms with Gasteiger partial charge in [0.2, 0.25) is 0 Å². The maximum absolute atomic E-state index is 0. The van der Waals surface area contributed by atoms with Gasteiger partial charge < -0.3 is 0 Å². The fourth-order valence-corrected chi connectivity index (χ4v) is 0. The molecular formula is Ba14Bi11Mn. The molecule has 0 aliphatic heterocycles. The largest absolute Gasteiger partial charge is 0 e. The molecule has 0 amide bonds. The summed E-state index contributed by atoms with van der Waals surface area (Å²) in [6.45, 7) is 0. The molecule has 0 unspecified atom stereocenters. The summed E-state index contributed by atoms with van der Waals surface area (Å²) in [4.78, 5) is 0. The molecule has 0 aliphatic rings. The van der Waals surface area contributed by atoms with Crippen LogP contribution >= 0.6 is 0 Å². The Hall–Kier alpha value is 32.2. The van der Waals surface area contributed by atoms with Crippen molar-refractivity contribution in [3.8, 4) is 0 Å². The van der Waals surface area contributed by atoms with E-state index >= 15 is 0 Å². The van der Waals surface area contributed by atoms with Crippen molar-refractivity contribution in [1.82, 2.24) is 0 Å². The molecule has 0 heterocycles.